The van der Waals surface area contributed by atoms with Gasteiger partial charge in [0.05, 0.1) is 0 Å². The van der Waals surface area contributed by atoms with Gasteiger partial charge >= 0.3 is 8.25 Å². The molecule has 11 heavy (non-hydrogen) atoms. The molecule has 0 aliphatic carbocycles. The number of carbonyl (C=O) groups is 1. The van der Waals surface area contributed by atoms with Gasteiger partial charge in [0.2, 0.25) is 0 Å². The maximum absolute atomic E-state index is 10.7. The Balaban J connectivity index is 3.71. The third-order valence-electron chi connectivity index (χ3n) is 0.767. The summed E-state index contributed by atoms with van der Waals surface area (Å²) in [7, 11) is -2.66. The Morgan fingerprint density at radius 3 is 2.55 bits per heavy atom. The van der Waals surface area contributed by atoms with Crippen LogP contribution >= 0.6 is 8.25 Å². The van der Waals surface area contributed by atoms with E-state index in [1.54, 1.807) is 13.8 Å². The fourth-order valence-electron chi connectivity index (χ4n) is 0.482. The van der Waals surface area contributed by atoms with Crippen molar-refractivity contribution in [2.24, 2.45) is 0 Å². The molecule has 0 aromatic carbocycles. The van der Waals surface area contributed by atoms with Crippen molar-refractivity contribution in [3.8, 4) is 0 Å². The van der Waals surface area contributed by atoms with Crippen LogP contribution in [0.4, 0.5) is 0 Å². The zero-order valence-corrected chi connectivity index (χ0v) is 7.30. The first-order chi connectivity index (χ1) is 5.02. The van der Waals surface area contributed by atoms with Gasteiger partial charge in [0.15, 0.2) is 12.4 Å². The van der Waals surface area contributed by atoms with Crippen LogP contribution in [0, 0.1) is 0 Å². The molecule has 0 radical (unpaired) electrons. The van der Waals surface area contributed by atoms with Crippen molar-refractivity contribution in [3.63, 3.8) is 0 Å². The summed E-state index contributed by atoms with van der Waals surface area (Å²) in [4.78, 5) is 18.9. The van der Waals surface area contributed by atoms with Crippen molar-refractivity contribution in [1.82, 2.24) is 0 Å². The molecule has 0 saturated heterocycles. The zero-order valence-electron chi connectivity index (χ0n) is 6.40. The second-order valence-corrected chi connectivity index (χ2v) is 2.93. The molecule has 0 aromatic heterocycles. The van der Waals surface area contributed by atoms with Crippen LogP contribution in [0.25, 0.3) is 0 Å². The van der Waals surface area contributed by atoms with Crippen LogP contribution in [-0.2, 0) is 13.9 Å². The zero-order chi connectivity index (χ0) is 8.85. The Hall–Kier alpha value is -0.570. The molecule has 0 aromatic rings. The number of hydrogen-bond donors (Lipinski definition) is 1. The monoisotopic (exact) mass is 177 g/mol. The molecule has 62 valence electrons. The lowest BCUT2D eigenvalue weighted by Gasteiger charge is -1.86. The first kappa shape index (κ1) is 10.4. The highest BCUT2D eigenvalue weighted by atomic mass is 31.1. The van der Waals surface area contributed by atoms with Gasteiger partial charge in [-0.25, -0.2) is 0 Å². The summed E-state index contributed by atoms with van der Waals surface area (Å²) in [5.74, 6) is -0.303. The van der Waals surface area contributed by atoms with Gasteiger partial charge in [-0.3, -0.25) is 4.79 Å². The van der Waals surface area contributed by atoms with Gasteiger partial charge < -0.3 is 0 Å². The summed E-state index contributed by atoms with van der Waals surface area (Å²) in [5, 5.41) is 0. The van der Waals surface area contributed by atoms with Crippen molar-refractivity contribution < 1.29 is 18.8 Å². The molecule has 0 spiro atoms. The van der Waals surface area contributed by atoms with Crippen molar-refractivity contribution in [2.45, 2.75) is 13.8 Å². The largest absolute Gasteiger partial charge is 0.695 e. The molecule has 0 bridgehead atoms. The molecule has 0 aliphatic rings. The lowest BCUT2D eigenvalue weighted by Crippen LogP contribution is -2.01. The Morgan fingerprint density at radius 2 is 2.18 bits per heavy atom. The highest BCUT2D eigenvalue weighted by Gasteiger charge is 2.13. The molecular formula is C6H10O4P+. The lowest BCUT2D eigenvalue weighted by atomic mass is 10.3. The highest BCUT2D eigenvalue weighted by molar-refractivity contribution is 7.32. The SMILES string of the molecule is CC(C)=CC(=O)CO[P+](=O)O. The van der Waals surface area contributed by atoms with Crippen molar-refractivity contribution in [2.75, 3.05) is 6.61 Å². The third-order valence-corrected chi connectivity index (χ3v) is 1.12. The molecule has 0 heterocycles. The predicted molar refractivity (Wildman–Crippen MR) is 40.2 cm³/mol. The van der Waals surface area contributed by atoms with E-state index < -0.39 is 8.25 Å². The maximum Gasteiger partial charge on any atom is 0.695 e. The minimum atomic E-state index is -2.66. The Morgan fingerprint density at radius 1 is 1.64 bits per heavy atom. The molecule has 0 aliphatic heterocycles. The topological polar surface area (TPSA) is 63.6 Å². The summed E-state index contributed by atoms with van der Waals surface area (Å²) in [6.45, 7) is 3.19. The van der Waals surface area contributed by atoms with Crippen LogP contribution in [0.5, 0.6) is 0 Å². The molecule has 0 fully saturated rings. The average Bonchev–Trinajstić information content (AvgIpc) is 1.82. The standard InChI is InChI=1S/C6H9O4P/c1-5(2)3-6(7)4-10-11(8)9/h3H,4H2,1-2H3/p+1. The first-order valence-electron chi connectivity index (χ1n) is 2.99. The van der Waals surface area contributed by atoms with Crippen LogP contribution in [-0.4, -0.2) is 17.3 Å². The van der Waals surface area contributed by atoms with E-state index in [-0.39, 0.29) is 12.4 Å². The van der Waals surface area contributed by atoms with Crippen molar-refractivity contribution >= 4 is 14.0 Å². The number of rotatable bonds is 4. The van der Waals surface area contributed by atoms with Crippen LogP contribution in [0.2, 0.25) is 0 Å². The van der Waals surface area contributed by atoms with E-state index in [0.717, 1.165) is 5.57 Å². The Bertz CT molecular complexity index is 193. The summed E-state index contributed by atoms with van der Waals surface area (Å²) < 4.78 is 14.1. The third kappa shape index (κ3) is 7.33. The van der Waals surface area contributed by atoms with Gasteiger partial charge in [-0.1, -0.05) is 5.57 Å². The van der Waals surface area contributed by atoms with Crippen LogP contribution in [0.3, 0.4) is 0 Å². The molecular weight excluding hydrogens is 167 g/mol. The van der Waals surface area contributed by atoms with Gasteiger partial charge in [0.25, 0.3) is 0 Å². The molecule has 5 heteroatoms. The van der Waals surface area contributed by atoms with Gasteiger partial charge in [-0.05, 0) is 19.9 Å². The fraction of sp³-hybridized carbons (Fsp3) is 0.500. The van der Waals surface area contributed by atoms with Crippen LogP contribution in [0.1, 0.15) is 13.8 Å². The summed E-state index contributed by atoms with van der Waals surface area (Å²) in [6.07, 6.45) is 1.36. The molecule has 1 N–H and O–H groups in total. The van der Waals surface area contributed by atoms with Gasteiger partial charge in [0.1, 0.15) is 0 Å². The molecule has 1 unspecified atom stereocenters. The Kier molecular flexibility index (Phi) is 4.86. The minimum Gasteiger partial charge on any atom is -0.292 e. The van der Waals surface area contributed by atoms with Gasteiger partial charge in [-0.15, -0.1) is 9.42 Å². The summed E-state index contributed by atoms with van der Waals surface area (Å²) in [5.41, 5.74) is 0.840. The number of carbonyl (C=O) groups excluding carboxylic acids is 1. The van der Waals surface area contributed by atoms with E-state index in [1.165, 1.54) is 6.08 Å². The van der Waals surface area contributed by atoms with Crippen molar-refractivity contribution in [3.05, 3.63) is 11.6 Å². The second kappa shape index (κ2) is 5.13. The highest BCUT2D eigenvalue weighted by Crippen LogP contribution is 2.13. The summed E-state index contributed by atoms with van der Waals surface area (Å²) in [6, 6.07) is 0. The normalized spacial score (nSPS) is 10.6. The van der Waals surface area contributed by atoms with Gasteiger partial charge in [-0.2, -0.15) is 0 Å². The van der Waals surface area contributed by atoms with E-state index in [2.05, 4.69) is 4.52 Å². The molecule has 0 amide bonds. The quantitative estimate of drug-likeness (QED) is 0.517. The number of ketones is 1. The number of hydrogen-bond acceptors (Lipinski definition) is 3. The summed E-state index contributed by atoms with van der Waals surface area (Å²) >= 11 is 0. The smallest absolute Gasteiger partial charge is 0.292 e. The number of allylic oxidation sites excluding steroid dienone is 1. The molecule has 0 rings (SSSR count). The van der Waals surface area contributed by atoms with Crippen LogP contribution < -0.4 is 0 Å². The van der Waals surface area contributed by atoms with E-state index in [1.807, 2.05) is 0 Å². The van der Waals surface area contributed by atoms with Crippen molar-refractivity contribution in [1.29, 1.82) is 0 Å². The fourth-order valence-corrected chi connectivity index (χ4v) is 0.720. The maximum atomic E-state index is 10.7. The molecule has 1 atom stereocenters. The average molecular weight is 177 g/mol. The van der Waals surface area contributed by atoms with Gasteiger partial charge in [0, 0.05) is 4.57 Å². The van der Waals surface area contributed by atoms with E-state index in [9.17, 15) is 9.36 Å². The van der Waals surface area contributed by atoms with E-state index in [0.29, 0.717) is 0 Å². The van der Waals surface area contributed by atoms with E-state index >= 15 is 0 Å². The first-order valence-corrected chi connectivity index (χ1v) is 4.12. The molecule has 0 saturated carbocycles. The minimum absolute atomic E-state index is 0.303. The lowest BCUT2D eigenvalue weighted by molar-refractivity contribution is -0.116. The van der Waals surface area contributed by atoms with Crippen LogP contribution in [0.15, 0.2) is 11.6 Å². The predicted octanol–water partition coefficient (Wildman–Crippen LogP) is 1.19. The van der Waals surface area contributed by atoms with E-state index in [4.69, 9.17) is 4.89 Å². The second-order valence-electron chi connectivity index (χ2n) is 2.20. The Labute approximate surface area is 65.8 Å². The molecule has 4 nitrogen and oxygen atoms in total.